The van der Waals surface area contributed by atoms with E-state index >= 15 is 0 Å². The number of sulfone groups is 1. The minimum absolute atomic E-state index is 0.0652. The van der Waals surface area contributed by atoms with Crippen LogP contribution in [0.4, 0.5) is 0 Å². The Hall–Kier alpha value is -2.02. The van der Waals surface area contributed by atoms with E-state index in [9.17, 15) is 8.42 Å². The molecule has 0 bridgehead atoms. The van der Waals surface area contributed by atoms with Crippen LogP contribution in [-0.2, 0) is 16.4 Å². The normalized spacial score (nSPS) is 23.7. The maximum atomic E-state index is 13.0. The highest BCUT2D eigenvalue weighted by Crippen LogP contribution is 2.46. The summed E-state index contributed by atoms with van der Waals surface area (Å²) in [5, 5.41) is 3.83. The average Bonchev–Trinajstić information content (AvgIpc) is 3.35. The molecule has 0 unspecified atom stereocenters. The molecule has 26 heavy (non-hydrogen) atoms. The van der Waals surface area contributed by atoms with E-state index < -0.39 is 9.84 Å². The van der Waals surface area contributed by atoms with Crippen molar-refractivity contribution in [3.05, 3.63) is 70.7 Å². The second kappa shape index (κ2) is 6.01. The topological polar surface area (TPSA) is 50.3 Å². The van der Waals surface area contributed by atoms with E-state index in [1.54, 1.807) is 23.7 Å². The number of thiophene rings is 1. The van der Waals surface area contributed by atoms with Gasteiger partial charge in [0.1, 0.15) is 0 Å². The summed E-state index contributed by atoms with van der Waals surface area (Å²) in [4.78, 5) is 6.84. The number of nitrogens with zero attached hydrogens (tertiary/aromatic N) is 2. The Bertz CT molecular complexity index is 1050. The molecule has 3 aromatic rings. The van der Waals surface area contributed by atoms with Crippen molar-refractivity contribution in [3.8, 4) is 11.1 Å². The van der Waals surface area contributed by atoms with Crippen LogP contribution in [0.1, 0.15) is 17.0 Å². The molecule has 1 saturated heterocycles. The van der Waals surface area contributed by atoms with Gasteiger partial charge in [0.25, 0.3) is 0 Å². The summed E-state index contributed by atoms with van der Waals surface area (Å²) in [5.74, 6) is 0.0652. The van der Waals surface area contributed by atoms with Crippen LogP contribution in [0.25, 0.3) is 11.1 Å². The van der Waals surface area contributed by atoms with Crippen molar-refractivity contribution in [2.75, 3.05) is 13.1 Å². The number of likely N-dealkylation sites (tertiary alicyclic amines) is 1. The predicted molar refractivity (Wildman–Crippen MR) is 103 cm³/mol. The van der Waals surface area contributed by atoms with Gasteiger partial charge in [-0.2, -0.15) is 11.3 Å². The monoisotopic (exact) mass is 382 g/mol. The Balaban J connectivity index is 1.49. The lowest BCUT2D eigenvalue weighted by Gasteiger charge is -2.17. The molecule has 4 heterocycles. The van der Waals surface area contributed by atoms with E-state index in [1.807, 2.05) is 29.6 Å². The largest absolute Gasteiger partial charge is 0.297 e. The molecule has 0 spiro atoms. The fourth-order valence-electron chi connectivity index (χ4n) is 4.21. The second-order valence-corrected chi connectivity index (χ2v) is 9.92. The standard InChI is InChI=1S/C20H18N2O2S2/c23-26(24)19-2-1-15(16-5-8-25-13-16)9-17(19)18-11-22(12-20(18)26)10-14-3-6-21-7-4-14/h1-9,13,18,20H,10-12H2/t18-,20+/m1/s1. The van der Waals surface area contributed by atoms with Gasteiger partial charge in [0.15, 0.2) is 9.84 Å². The SMILES string of the molecule is O=S1(=O)c2ccc(-c3ccsc3)cc2[C@H]2CN(Cc3ccncc3)C[C@@H]21. The average molecular weight is 383 g/mol. The van der Waals surface area contributed by atoms with E-state index in [4.69, 9.17) is 0 Å². The molecule has 0 aliphatic carbocycles. The van der Waals surface area contributed by atoms with Gasteiger partial charge in [0.2, 0.25) is 0 Å². The van der Waals surface area contributed by atoms with E-state index in [2.05, 4.69) is 27.4 Å². The molecule has 1 fully saturated rings. The zero-order valence-corrected chi connectivity index (χ0v) is 15.7. The van der Waals surface area contributed by atoms with Crippen molar-refractivity contribution in [1.82, 2.24) is 9.88 Å². The van der Waals surface area contributed by atoms with Crippen LogP contribution in [-0.4, -0.2) is 36.6 Å². The minimum Gasteiger partial charge on any atom is -0.297 e. The Morgan fingerprint density at radius 1 is 1.08 bits per heavy atom. The first-order valence-corrected chi connectivity index (χ1v) is 11.1. The van der Waals surface area contributed by atoms with Gasteiger partial charge in [-0.25, -0.2) is 8.42 Å². The number of aromatic nitrogens is 1. The molecule has 2 aromatic heterocycles. The predicted octanol–water partition coefficient (Wildman–Crippen LogP) is 3.57. The zero-order valence-electron chi connectivity index (χ0n) is 14.1. The molecule has 0 saturated carbocycles. The third kappa shape index (κ3) is 2.52. The summed E-state index contributed by atoms with van der Waals surface area (Å²) in [6.45, 7) is 2.15. The molecule has 0 radical (unpaired) electrons. The highest BCUT2D eigenvalue weighted by Gasteiger charge is 2.50. The van der Waals surface area contributed by atoms with Crippen molar-refractivity contribution in [3.63, 3.8) is 0 Å². The number of rotatable bonds is 3. The summed E-state index contributed by atoms with van der Waals surface area (Å²) in [5.41, 5.74) is 4.43. The number of hydrogen-bond acceptors (Lipinski definition) is 5. The Labute approximate surface area is 157 Å². The first-order chi connectivity index (χ1) is 12.6. The second-order valence-electron chi connectivity index (χ2n) is 7.00. The molecule has 0 amide bonds. The molecule has 1 aromatic carbocycles. The number of fused-ring (bicyclic) bond motifs is 3. The van der Waals surface area contributed by atoms with Crippen LogP contribution in [0.3, 0.4) is 0 Å². The maximum Gasteiger partial charge on any atom is 0.183 e. The van der Waals surface area contributed by atoms with Gasteiger partial charge >= 0.3 is 0 Å². The third-order valence-corrected chi connectivity index (χ3v) is 8.41. The molecular formula is C20H18N2O2S2. The van der Waals surface area contributed by atoms with Crippen molar-refractivity contribution < 1.29 is 8.42 Å². The molecule has 2 aliphatic heterocycles. The molecule has 132 valence electrons. The third-order valence-electron chi connectivity index (χ3n) is 5.47. The molecule has 4 nitrogen and oxygen atoms in total. The number of benzene rings is 1. The quantitative estimate of drug-likeness (QED) is 0.695. The first-order valence-electron chi connectivity index (χ1n) is 8.64. The lowest BCUT2D eigenvalue weighted by atomic mass is 9.95. The van der Waals surface area contributed by atoms with Gasteiger partial charge in [-0.05, 0) is 63.3 Å². The fraction of sp³-hybridized carbons (Fsp3) is 0.250. The van der Waals surface area contributed by atoms with Gasteiger partial charge < -0.3 is 0 Å². The van der Waals surface area contributed by atoms with Gasteiger partial charge in [-0.1, -0.05) is 6.07 Å². The van der Waals surface area contributed by atoms with Crippen molar-refractivity contribution in [2.45, 2.75) is 22.6 Å². The summed E-state index contributed by atoms with van der Waals surface area (Å²) < 4.78 is 26.1. The summed E-state index contributed by atoms with van der Waals surface area (Å²) in [6, 6.07) is 11.9. The highest BCUT2D eigenvalue weighted by molar-refractivity contribution is 7.92. The van der Waals surface area contributed by atoms with Crippen LogP contribution in [0.5, 0.6) is 0 Å². The van der Waals surface area contributed by atoms with Gasteiger partial charge in [-0.3, -0.25) is 9.88 Å². The summed E-state index contributed by atoms with van der Waals surface area (Å²) >= 11 is 1.66. The number of hydrogen-bond donors (Lipinski definition) is 0. The van der Waals surface area contributed by atoms with Crippen LogP contribution in [0, 0.1) is 0 Å². The Morgan fingerprint density at radius 3 is 2.69 bits per heavy atom. The number of pyridine rings is 1. The van der Waals surface area contributed by atoms with Gasteiger partial charge in [0, 0.05) is 37.9 Å². The van der Waals surface area contributed by atoms with Crippen LogP contribution >= 0.6 is 11.3 Å². The van der Waals surface area contributed by atoms with Gasteiger partial charge in [0.05, 0.1) is 10.1 Å². The van der Waals surface area contributed by atoms with Gasteiger partial charge in [-0.15, -0.1) is 0 Å². The van der Waals surface area contributed by atoms with E-state index in [0.29, 0.717) is 11.4 Å². The molecule has 0 N–H and O–H groups in total. The van der Waals surface area contributed by atoms with Crippen molar-refractivity contribution >= 4 is 21.2 Å². The van der Waals surface area contributed by atoms with Crippen LogP contribution < -0.4 is 0 Å². The summed E-state index contributed by atoms with van der Waals surface area (Å²) in [7, 11) is -3.25. The molecule has 2 atom stereocenters. The van der Waals surface area contributed by atoms with Crippen LogP contribution in [0.15, 0.2) is 64.4 Å². The summed E-state index contributed by atoms with van der Waals surface area (Å²) in [6.07, 6.45) is 3.57. The molecular weight excluding hydrogens is 364 g/mol. The lowest BCUT2D eigenvalue weighted by Crippen LogP contribution is -2.25. The maximum absolute atomic E-state index is 13.0. The molecule has 2 aliphatic rings. The van der Waals surface area contributed by atoms with Crippen LogP contribution in [0.2, 0.25) is 0 Å². The highest BCUT2D eigenvalue weighted by atomic mass is 32.2. The molecule has 5 rings (SSSR count). The fourth-order valence-corrected chi connectivity index (χ4v) is 7.07. The molecule has 6 heteroatoms. The minimum atomic E-state index is -3.25. The van der Waals surface area contributed by atoms with E-state index in [0.717, 1.165) is 29.8 Å². The first kappa shape index (κ1) is 16.2. The van der Waals surface area contributed by atoms with Crippen molar-refractivity contribution in [1.29, 1.82) is 0 Å². The Kier molecular flexibility index (Phi) is 3.74. The smallest absolute Gasteiger partial charge is 0.183 e. The van der Waals surface area contributed by atoms with E-state index in [-0.39, 0.29) is 11.2 Å². The van der Waals surface area contributed by atoms with Crippen molar-refractivity contribution in [2.24, 2.45) is 0 Å². The van der Waals surface area contributed by atoms with E-state index in [1.165, 1.54) is 5.56 Å². The lowest BCUT2D eigenvalue weighted by molar-refractivity contribution is 0.325. The zero-order chi connectivity index (χ0) is 17.7. The Morgan fingerprint density at radius 2 is 1.92 bits per heavy atom.